The van der Waals surface area contributed by atoms with Crippen LogP contribution in [0, 0.1) is 11.8 Å². The fraction of sp³-hybridized carbons (Fsp3) is 0.410. The number of rotatable bonds is 11. The van der Waals surface area contributed by atoms with Crippen molar-refractivity contribution in [3.8, 4) is 28.1 Å². The number of nitrogens with one attached hydrogen (secondary N) is 3. The van der Waals surface area contributed by atoms with Crippen LogP contribution >= 0.6 is 0 Å². The van der Waals surface area contributed by atoms with E-state index in [1.807, 2.05) is 44.2 Å². The number of carbonyl (C=O) groups is 3. The lowest BCUT2D eigenvalue weighted by Crippen LogP contribution is -2.51. The van der Waals surface area contributed by atoms with Crippen molar-refractivity contribution in [3.05, 3.63) is 66.4 Å². The van der Waals surface area contributed by atoms with E-state index in [9.17, 15) is 28.3 Å². The van der Waals surface area contributed by atoms with Crippen molar-refractivity contribution in [1.29, 1.82) is 0 Å². The zero-order valence-corrected chi connectivity index (χ0v) is 30.8. The van der Waals surface area contributed by atoms with Crippen LogP contribution in [0.25, 0.3) is 44.2 Å². The van der Waals surface area contributed by atoms with Gasteiger partial charge in [0.2, 0.25) is 5.91 Å². The molecule has 2 fully saturated rings. The van der Waals surface area contributed by atoms with Crippen molar-refractivity contribution in [2.24, 2.45) is 11.8 Å². The van der Waals surface area contributed by atoms with Crippen LogP contribution in [0.4, 0.5) is 18.4 Å². The molecule has 4 atom stereocenters. The quantitative estimate of drug-likeness (QED) is 0.109. The number of alkyl carbamates (subject to hydrolysis) is 1. The van der Waals surface area contributed by atoms with Gasteiger partial charge in [-0.2, -0.15) is 8.78 Å². The highest BCUT2D eigenvalue weighted by Gasteiger charge is 2.39. The summed E-state index contributed by atoms with van der Waals surface area (Å²) in [5.74, 6) is 0.705. The molecule has 0 saturated carbocycles. The molecule has 2 aromatic heterocycles. The van der Waals surface area contributed by atoms with Crippen LogP contribution < -0.4 is 10.1 Å². The smallest absolute Gasteiger partial charge is 0.407 e. The number of ether oxygens (including phenoxy) is 3. The third kappa shape index (κ3) is 7.50. The average Bonchev–Trinajstić information content (AvgIpc) is 3.98. The Morgan fingerprint density at radius 1 is 1.00 bits per heavy atom. The zero-order chi connectivity index (χ0) is 39.0. The van der Waals surface area contributed by atoms with E-state index in [-0.39, 0.29) is 29.5 Å². The molecule has 4 heterocycles. The number of alkyl halides is 2. The summed E-state index contributed by atoms with van der Waals surface area (Å²) in [6.45, 7) is 1.91. The van der Waals surface area contributed by atoms with Crippen LogP contribution in [0.1, 0.15) is 56.8 Å². The number of aromatic nitrogens is 4. The normalized spacial score (nSPS) is 19.2. The Bertz CT molecular complexity index is 2220. The lowest BCUT2D eigenvalue weighted by atomic mass is 9.98. The maximum absolute atomic E-state index is 13.8. The molecule has 2 aliphatic rings. The number of hydrogen-bond donors (Lipinski definition) is 4. The van der Waals surface area contributed by atoms with Crippen LogP contribution in [0.2, 0.25) is 0 Å². The summed E-state index contributed by atoms with van der Waals surface area (Å²) in [6.07, 6.45) is 1.88. The first kappa shape index (κ1) is 37.5. The lowest BCUT2D eigenvalue weighted by Gasteiger charge is -2.30. The number of hydrogen-bond acceptors (Lipinski definition) is 8. The van der Waals surface area contributed by atoms with Gasteiger partial charge in [-0.15, -0.1) is 0 Å². The topological polar surface area (TPSA) is 175 Å². The number of halogens is 2. The van der Waals surface area contributed by atoms with E-state index < -0.39 is 30.9 Å². The van der Waals surface area contributed by atoms with Crippen molar-refractivity contribution in [2.75, 3.05) is 33.9 Å². The summed E-state index contributed by atoms with van der Waals surface area (Å²) in [5.41, 5.74) is 3.65. The minimum atomic E-state index is -3.08. The van der Waals surface area contributed by atoms with E-state index in [2.05, 4.69) is 20.3 Å². The Hall–Kier alpha value is -5.77. The second-order valence-corrected chi connectivity index (χ2v) is 14.3. The van der Waals surface area contributed by atoms with Crippen LogP contribution in [0.15, 0.2) is 54.7 Å². The molecule has 55 heavy (non-hydrogen) atoms. The number of imidazole rings is 2. The molecule has 290 valence electrons. The van der Waals surface area contributed by atoms with Gasteiger partial charge in [0.15, 0.2) is 0 Å². The molecule has 14 nitrogen and oxygen atoms in total. The van der Waals surface area contributed by atoms with Gasteiger partial charge < -0.3 is 39.5 Å². The predicted octanol–water partition coefficient (Wildman–Crippen LogP) is 7.11. The van der Waals surface area contributed by atoms with Crippen molar-refractivity contribution in [3.63, 3.8) is 0 Å². The molecule has 2 aliphatic heterocycles. The van der Waals surface area contributed by atoms with Crippen molar-refractivity contribution >= 4 is 39.9 Å². The number of carbonyl (C=O) groups excluding carboxylic acids is 2. The Morgan fingerprint density at radius 2 is 1.80 bits per heavy atom. The van der Waals surface area contributed by atoms with E-state index in [1.54, 1.807) is 30.3 Å². The number of fused-ring (bicyclic) bond motifs is 3. The molecule has 2 unspecified atom stereocenters. The summed E-state index contributed by atoms with van der Waals surface area (Å²) in [4.78, 5) is 56.7. The van der Waals surface area contributed by atoms with Gasteiger partial charge in [0, 0.05) is 42.6 Å². The molecule has 16 heteroatoms. The number of benzene rings is 3. The second-order valence-electron chi connectivity index (χ2n) is 14.3. The van der Waals surface area contributed by atoms with E-state index in [0.717, 1.165) is 22.7 Å². The molecular weight excluding hydrogens is 716 g/mol. The third-order valence-corrected chi connectivity index (χ3v) is 10.5. The highest BCUT2D eigenvalue weighted by molar-refractivity contribution is 6.05. The van der Waals surface area contributed by atoms with Gasteiger partial charge in [-0.1, -0.05) is 38.1 Å². The maximum atomic E-state index is 13.8. The fourth-order valence-corrected chi connectivity index (χ4v) is 7.87. The summed E-state index contributed by atoms with van der Waals surface area (Å²) in [7, 11) is 2.84. The molecule has 0 bridgehead atoms. The number of aromatic amines is 2. The Morgan fingerprint density at radius 3 is 2.53 bits per heavy atom. The summed E-state index contributed by atoms with van der Waals surface area (Å²) in [5, 5.41) is 14.2. The summed E-state index contributed by atoms with van der Waals surface area (Å²) >= 11 is 0. The summed E-state index contributed by atoms with van der Waals surface area (Å²) < 4.78 is 42.7. The molecule has 2 saturated heterocycles. The highest BCUT2D eigenvalue weighted by atomic mass is 19.3. The molecule has 3 aromatic carbocycles. The van der Waals surface area contributed by atoms with Gasteiger partial charge in [-0.05, 0) is 60.4 Å². The standard InChI is InChI=1S/C39H43F2N7O7/c1-20(2)32(46-38(50)54-4)36(49)47-13-5-6-29(47)34-42-17-28(44-34)24-8-10-25(31(16-24)55-37(40)41)22-7-11-26-23(15-22)9-12-27-33(26)45-35(43-27)30-14-21(19-53-3)18-48(30)39(51)52/h7-12,15-17,20-21,29-30,32,37H,5-6,13-14,18-19H2,1-4H3,(H,42,44)(H,43,45)(H,46,50)(H,51,52)/t21?,29-,30?,32-/m0/s1. The minimum absolute atomic E-state index is 0.0279. The lowest BCUT2D eigenvalue weighted by molar-refractivity contribution is -0.135. The van der Waals surface area contributed by atoms with Gasteiger partial charge in [-0.25, -0.2) is 19.6 Å². The molecule has 3 amide bonds. The Kier molecular flexibility index (Phi) is 10.6. The SMILES string of the molecule is COCC1CC(c2nc3ccc4cc(-c5ccc(-c6cnc([C@@H]7CCCN7C(=O)[C@@H](NC(=O)OC)C(C)C)[nH]6)cc5OC(F)F)ccc4c3[nH]2)N(C(=O)O)C1. The van der Waals surface area contributed by atoms with Crippen LogP contribution in [-0.4, -0.2) is 99.5 Å². The fourth-order valence-electron chi connectivity index (χ4n) is 7.87. The van der Waals surface area contributed by atoms with E-state index >= 15 is 0 Å². The Balaban J connectivity index is 1.16. The van der Waals surface area contributed by atoms with Crippen molar-refractivity contribution < 1.29 is 42.5 Å². The summed E-state index contributed by atoms with van der Waals surface area (Å²) in [6, 6.07) is 12.8. The predicted molar refractivity (Wildman–Crippen MR) is 199 cm³/mol. The van der Waals surface area contributed by atoms with Crippen LogP contribution in [0.3, 0.4) is 0 Å². The first-order chi connectivity index (χ1) is 26.4. The highest BCUT2D eigenvalue weighted by Crippen LogP contribution is 2.40. The van der Waals surface area contributed by atoms with E-state index in [1.165, 1.54) is 18.1 Å². The maximum Gasteiger partial charge on any atom is 0.407 e. The van der Waals surface area contributed by atoms with Crippen LogP contribution in [-0.2, 0) is 14.3 Å². The molecule has 4 N–H and O–H groups in total. The molecule has 0 aliphatic carbocycles. The largest absolute Gasteiger partial charge is 0.465 e. The third-order valence-electron chi connectivity index (χ3n) is 10.5. The first-order valence-corrected chi connectivity index (χ1v) is 18.2. The van der Waals surface area contributed by atoms with Crippen molar-refractivity contribution in [2.45, 2.75) is 57.8 Å². The minimum Gasteiger partial charge on any atom is -0.465 e. The van der Waals surface area contributed by atoms with Crippen molar-refractivity contribution in [1.82, 2.24) is 35.1 Å². The molecule has 0 spiro atoms. The van der Waals surface area contributed by atoms with Gasteiger partial charge in [0.25, 0.3) is 0 Å². The first-order valence-electron chi connectivity index (χ1n) is 18.2. The number of H-pyrrole nitrogens is 2. The molecule has 5 aromatic rings. The van der Waals surface area contributed by atoms with E-state index in [4.69, 9.17) is 19.2 Å². The monoisotopic (exact) mass is 759 g/mol. The number of likely N-dealkylation sites (tertiary alicyclic amines) is 2. The van der Waals surface area contributed by atoms with Gasteiger partial charge >= 0.3 is 18.8 Å². The van der Waals surface area contributed by atoms with Gasteiger partial charge in [0.05, 0.1) is 48.7 Å². The van der Waals surface area contributed by atoms with E-state index in [0.29, 0.717) is 72.1 Å². The number of methoxy groups -OCH3 is 2. The number of carboxylic acid groups (broad SMARTS) is 1. The number of nitrogens with zero attached hydrogens (tertiary/aromatic N) is 4. The van der Waals surface area contributed by atoms with Crippen LogP contribution in [0.5, 0.6) is 5.75 Å². The van der Waals surface area contributed by atoms with Gasteiger partial charge in [-0.3, -0.25) is 9.69 Å². The zero-order valence-electron chi connectivity index (χ0n) is 30.8. The molecule has 0 radical (unpaired) electrons. The van der Waals surface area contributed by atoms with Gasteiger partial charge in [0.1, 0.15) is 23.4 Å². The number of amides is 3. The Labute approximate surface area is 315 Å². The molecule has 7 rings (SSSR count). The average molecular weight is 760 g/mol. The molecular formula is C39H43F2N7O7. The second kappa shape index (κ2) is 15.5.